The smallest absolute Gasteiger partial charge is 0.164 e. The second kappa shape index (κ2) is 13.3. The maximum absolute atomic E-state index is 9.68. The van der Waals surface area contributed by atoms with E-state index < -0.39 is 0 Å². The third-order valence-corrected chi connectivity index (χ3v) is 12.4. The van der Waals surface area contributed by atoms with Crippen LogP contribution in [-0.2, 0) is 5.41 Å². The number of nitriles is 1. The van der Waals surface area contributed by atoms with Gasteiger partial charge >= 0.3 is 0 Å². The molecule has 4 aliphatic rings. The number of hydrogen-bond acceptors (Lipinski definition) is 4. The molecule has 0 saturated heterocycles. The van der Waals surface area contributed by atoms with Gasteiger partial charge in [-0.2, -0.15) is 5.26 Å². The summed E-state index contributed by atoms with van der Waals surface area (Å²) in [6.45, 7) is 0. The molecule has 11 rings (SSSR count). The monoisotopic (exact) mass is 696 g/mol. The lowest BCUT2D eigenvalue weighted by molar-refractivity contribution is -0.00518. The Balaban J connectivity index is 1.13. The molecule has 0 amide bonds. The summed E-state index contributed by atoms with van der Waals surface area (Å²) in [5.74, 6) is 4.63. The minimum absolute atomic E-state index is 0.330. The van der Waals surface area contributed by atoms with Crippen LogP contribution in [0.4, 0.5) is 0 Å². The van der Waals surface area contributed by atoms with Crippen molar-refractivity contribution in [1.82, 2.24) is 15.0 Å². The highest BCUT2D eigenvalue weighted by Gasteiger charge is 2.51. The maximum atomic E-state index is 9.68. The van der Waals surface area contributed by atoms with Gasteiger partial charge in [0.1, 0.15) is 0 Å². The zero-order valence-electron chi connectivity index (χ0n) is 30.2. The van der Waals surface area contributed by atoms with Crippen LogP contribution in [0.3, 0.4) is 0 Å². The van der Waals surface area contributed by atoms with Crippen LogP contribution in [0.15, 0.2) is 152 Å². The summed E-state index contributed by atoms with van der Waals surface area (Å²) in [7, 11) is 0. The van der Waals surface area contributed by atoms with Crippen molar-refractivity contribution in [3.05, 3.63) is 163 Å². The van der Waals surface area contributed by atoms with Crippen LogP contribution in [0.25, 0.3) is 67.5 Å². The van der Waals surface area contributed by atoms with Gasteiger partial charge in [-0.3, -0.25) is 0 Å². The van der Waals surface area contributed by atoms with Crippen molar-refractivity contribution in [2.75, 3.05) is 0 Å². The van der Waals surface area contributed by atoms with Gasteiger partial charge in [0.15, 0.2) is 17.5 Å². The van der Waals surface area contributed by atoms with Gasteiger partial charge in [0.2, 0.25) is 0 Å². The van der Waals surface area contributed by atoms with Crippen LogP contribution in [0.5, 0.6) is 0 Å². The zero-order chi connectivity index (χ0) is 36.1. The fourth-order valence-corrected chi connectivity index (χ4v) is 10.4. The lowest BCUT2D eigenvalue weighted by atomic mass is 9.48. The van der Waals surface area contributed by atoms with Crippen molar-refractivity contribution in [2.24, 2.45) is 17.8 Å². The second-order valence-corrected chi connectivity index (χ2v) is 15.8. The van der Waals surface area contributed by atoms with Crippen molar-refractivity contribution in [2.45, 2.75) is 43.9 Å². The predicted octanol–water partition coefficient (Wildman–Crippen LogP) is 12.2. The van der Waals surface area contributed by atoms with Gasteiger partial charge in [0.25, 0.3) is 0 Å². The molecule has 6 aromatic carbocycles. The van der Waals surface area contributed by atoms with Gasteiger partial charge in [-0.15, -0.1) is 0 Å². The molecule has 0 spiro atoms. The Labute approximate surface area is 317 Å². The summed E-state index contributed by atoms with van der Waals surface area (Å²) in [4.78, 5) is 15.8. The molecular weight excluding hydrogens is 657 g/mol. The van der Waals surface area contributed by atoms with E-state index in [4.69, 9.17) is 15.0 Å². The highest BCUT2D eigenvalue weighted by atomic mass is 15.0. The number of aromatic nitrogens is 3. The van der Waals surface area contributed by atoms with Gasteiger partial charge in [0.05, 0.1) is 11.6 Å². The van der Waals surface area contributed by atoms with Crippen molar-refractivity contribution in [3.8, 4) is 73.6 Å². The van der Waals surface area contributed by atoms with E-state index in [1.54, 1.807) is 0 Å². The maximum Gasteiger partial charge on any atom is 0.164 e. The van der Waals surface area contributed by atoms with E-state index in [2.05, 4.69) is 127 Å². The van der Waals surface area contributed by atoms with Crippen molar-refractivity contribution >= 4 is 0 Å². The Morgan fingerprint density at radius 1 is 0.426 bits per heavy atom. The molecule has 0 atom stereocenters. The van der Waals surface area contributed by atoms with Gasteiger partial charge in [0, 0.05) is 16.7 Å². The third-order valence-electron chi connectivity index (χ3n) is 12.4. The van der Waals surface area contributed by atoms with E-state index in [1.165, 1.54) is 44.1 Å². The van der Waals surface area contributed by atoms with Crippen LogP contribution < -0.4 is 0 Å². The van der Waals surface area contributed by atoms with Crippen LogP contribution in [0.2, 0.25) is 0 Å². The zero-order valence-corrected chi connectivity index (χ0v) is 30.2. The molecule has 4 aliphatic carbocycles. The molecule has 0 N–H and O–H groups in total. The topological polar surface area (TPSA) is 62.5 Å². The lowest BCUT2D eigenvalue weighted by Gasteiger charge is -2.57. The molecule has 0 radical (unpaired) electrons. The Hall–Kier alpha value is -6.18. The number of benzene rings is 6. The SMILES string of the molecule is N#Cc1cccc(-c2ccccc2-c2ccccc2-c2nc(-c3ccc(C45CC6CC(CC(C6)C4)C5)cc3)nc(-c3ccccc3-c3ccccc3)n2)c1. The number of rotatable bonds is 7. The Kier molecular flexibility index (Phi) is 8.02. The fourth-order valence-electron chi connectivity index (χ4n) is 10.4. The largest absolute Gasteiger partial charge is 0.208 e. The quantitative estimate of drug-likeness (QED) is 0.166. The molecule has 1 aromatic heterocycles. The van der Waals surface area contributed by atoms with Gasteiger partial charge < -0.3 is 0 Å². The molecule has 4 fully saturated rings. The molecule has 260 valence electrons. The van der Waals surface area contributed by atoms with E-state index in [0.717, 1.165) is 67.8 Å². The summed E-state index contributed by atoms with van der Waals surface area (Å²) < 4.78 is 0. The van der Waals surface area contributed by atoms with E-state index in [9.17, 15) is 5.26 Å². The van der Waals surface area contributed by atoms with Crippen LogP contribution in [0, 0.1) is 29.1 Å². The highest BCUT2D eigenvalue weighted by Crippen LogP contribution is 2.60. The minimum Gasteiger partial charge on any atom is -0.208 e. The standard InChI is InChI=1S/C50H40N4/c51-32-33-11-10-14-39(28-33)42-16-4-6-17-43(42)44-18-7-9-20-46(44)49-53-47(52-48(54-49)45-19-8-5-15-41(45)37-12-2-1-3-13-37)38-21-23-40(24-22-38)50-29-34-25-35(30-50)27-36(26-34)31-50/h1-24,28,34-36H,25-27,29-31H2. The van der Waals surface area contributed by atoms with Crippen molar-refractivity contribution in [1.29, 1.82) is 5.26 Å². The van der Waals surface area contributed by atoms with E-state index >= 15 is 0 Å². The molecule has 0 aliphatic heterocycles. The van der Waals surface area contributed by atoms with E-state index in [1.807, 2.05) is 30.3 Å². The van der Waals surface area contributed by atoms with Crippen LogP contribution in [0.1, 0.15) is 49.7 Å². The summed E-state index contributed by atoms with van der Waals surface area (Å²) in [6, 6.07) is 55.0. The molecule has 1 heterocycles. The summed E-state index contributed by atoms with van der Waals surface area (Å²) >= 11 is 0. The molecule has 54 heavy (non-hydrogen) atoms. The lowest BCUT2D eigenvalue weighted by Crippen LogP contribution is -2.48. The van der Waals surface area contributed by atoms with Crippen LogP contribution >= 0.6 is 0 Å². The summed E-state index contributed by atoms with van der Waals surface area (Å²) in [6.07, 6.45) is 8.35. The average molecular weight is 697 g/mol. The molecule has 7 aromatic rings. The normalized spacial score (nSPS) is 21.1. The molecule has 4 heteroatoms. The van der Waals surface area contributed by atoms with Gasteiger partial charge in [-0.1, -0.05) is 140 Å². The summed E-state index contributed by atoms with van der Waals surface area (Å²) in [5, 5.41) is 9.68. The highest BCUT2D eigenvalue weighted by molar-refractivity contribution is 5.91. The predicted molar refractivity (Wildman–Crippen MR) is 217 cm³/mol. The van der Waals surface area contributed by atoms with Crippen molar-refractivity contribution in [3.63, 3.8) is 0 Å². The van der Waals surface area contributed by atoms with E-state index in [0.29, 0.717) is 28.5 Å². The van der Waals surface area contributed by atoms with Gasteiger partial charge in [-0.05, 0) is 113 Å². The second-order valence-electron chi connectivity index (χ2n) is 15.8. The summed E-state index contributed by atoms with van der Waals surface area (Å²) in [5.41, 5.74) is 11.7. The first-order valence-electron chi connectivity index (χ1n) is 19.3. The molecule has 4 saturated carbocycles. The first-order valence-corrected chi connectivity index (χ1v) is 19.3. The first-order chi connectivity index (χ1) is 26.6. The third kappa shape index (κ3) is 5.81. The Morgan fingerprint density at radius 2 is 0.889 bits per heavy atom. The Bertz CT molecular complexity index is 2510. The molecular formula is C50H40N4. The van der Waals surface area contributed by atoms with Crippen molar-refractivity contribution < 1.29 is 0 Å². The fraction of sp³-hybridized carbons (Fsp3) is 0.200. The average Bonchev–Trinajstić information content (AvgIpc) is 3.23. The number of nitrogens with zero attached hydrogens (tertiary/aromatic N) is 4. The first kappa shape index (κ1) is 32.5. The van der Waals surface area contributed by atoms with Crippen LogP contribution in [-0.4, -0.2) is 15.0 Å². The molecule has 4 nitrogen and oxygen atoms in total. The molecule has 4 bridgehead atoms. The number of hydrogen-bond donors (Lipinski definition) is 0. The molecule has 0 unspecified atom stereocenters. The minimum atomic E-state index is 0.330. The van der Waals surface area contributed by atoms with E-state index in [-0.39, 0.29) is 0 Å². The Morgan fingerprint density at radius 3 is 1.48 bits per heavy atom. The van der Waals surface area contributed by atoms with Gasteiger partial charge in [-0.25, -0.2) is 15.0 Å².